The highest BCUT2D eigenvalue weighted by atomic mass is 16.5. The number of nitrogens with two attached hydrogens (primary N) is 1. The van der Waals surface area contributed by atoms with Gasteiger partial charge in [-0.05, 0) is 76.9 Å². The number of primary amides is 1. The number of piperidine rings is 1. The molecular weight excluding hydrogens is 368 g/mol. The first kappa shape index (κ1) is 20.8. The third-order valence-corrected chi connectivity index (χ3v) is 4.89. The number of rotatable bonds is 5. The fourth-order valence-corrected chi connectivity index (χ4v) is 4.14. The lowest BCUT2D eigenvalue weighted by molar-refractivity contribution is 0.0872. The third kappa shape index (κ3) is 5.32. The second-order valence-electron chi connectivity index (χ2n) is 8.82. The molecule has 3 rings (SSSR count). The van der Waals surface area contributed by atoms with Crippen LogP contribution >= 0.6 is 0 Å². The molecule has 2 amide bonds. The highest BCUT2D eigenvalue weighted by Gasteiger charge is 2.38. The predicted molar refractivity (Wildman–Crippen MR) is 111 cm³/mol. The number of hydrogen-bond acceptors (Lipinski definition) is 5. The van der Waals surface area contributed by atoms with E-state index in [1.165, 1.54) is 6.20 Å². The Labute approximate surface area is 171 Å². The fourth-order valence-electron chi connectivity index (χ4n) is 4.14. The van der Waals surface area contributed by atoms with Crippen LogP contribution in [0.5, 0.6) is 11.6 Å². The van der Waals surface area contributed by atoms with Gasteiger partial charge in [0.1, 0.15) is 11.3 Å². The summed E-state index contributed by atoms with van der Waals surface area (Å²) in [5, 5.41) is 6.76. The molecule has 0 saturated carbocycles. The molecule has 2 aromatic rings. The quantitative estimate of drug-likeness (QED) is 0.720. The summed E-state index contributed by atoms with van der Waals surface area (Å²) in [5.74, 6) is -0.133. The lowest BCUT2D eigenvalue weighted by atomic mass is 9.79. The Morgan fingerprint density at radius 2 is 1.72 bits per heavy atom. The normalized spacial score (nSPS) is 18.1. The van der Waals surface area contributed by atoms with Crippen molar-refractivity contribution in [2.24, 2.45) is 5.73 Å². The van der Waals surface area contributed by atoms with Crippen molar-refractivity contribution >= 4 is 11.8 Å². The molecule has 0 spiro atoms. The van der Waals surface area contributed by atoms with E-state index in [4.69, 9.17) is 10.5 Å². The van der Waals surface area contributed by atoms with Crippen molar-refractivity contribution in [3.05, 3.63) is 53.7 Å². The van der Waals surface area contributed by atoms with E-state index in [9.17, 15) is 9.59 Å². The zero-order chi connectivity index (χ0) is 21.2. The standard InChI is InChI=1S/C22H28N4O3/c1-21(2)12-15(13-22(3,4)26-21)25-19(28)14-7-9-16(10-8-14)29-20-17(18(23)27)6-5-11-24-20/h5-11,15,26H,12-13H2,1-4H3,(H2,23,27)(H,25,28). The molecule has 1 saturated heterocycles. The molecule has 0 bridgehead atoms. The summed E-state index contributed by atoms with van der Waals surface area (Å²) in [4.78, 5) is 28.2. The lowest BCUT2D eigenvalue weighted by Crippen LogP contribution is -2.62. The molecule has 154 valence electrons. The van der Waals surface area contributed by atoms with E-state index < -0.39 is 5.91 Å². The van der Waals surface area contributed by atoms with E-state index >= 15 is 0 Å². The van der Waals surface area contributed by atoms with Gasteiger partial charge in [0.05, 0.1) is 0 Å². The molecule has 1 aromatic heterocycles. The van der Waals surface area contributed by atoms with Crippen molar-refractivity contribution in [2.45, 2.75) is 57.7 Å². The van der Waals surface area contributed by atoms with E-state index in [0.717, 1.165) is 12.8 Å². The van der Waals surface area contributed by atoms with Crippen LogP contribution in [0, 0.1) is 0 Å². The van der Waals surface area contributed by atoms with Gasteiger partial charge in [0.15, 0.2) is 0 Å². The fraction of sp³-hybridized carbons (Fsp3) is 0.409. The molecule has 1 aromatic carbocycles. The van der Waals surface area contributed by atoms with Crippen LogP contribution in [0.15, 0.2) is 42.6 Å². The van der Waals surface area contributed by atoms with Crippen LogP contribution < -0.4 is 21.1 Å². The smallest absolute Gasteiger partial charge is 0.254 e. The highest BCUT2D eigenvalue weighted by Crippen LogP contribution is 2.29. The Balaban J connectivity index is 1.67. The predicted octanol–water partition coefficient (Wildman–Crippen LogP) is 3.01. The molecule has 7 nitrogen and oxygen atoms in total. The maximum Gasteiger partial charge on any atom is 0.254 e. The van der Waals surface area contributed by atoms with Gasteiger partial charge in [-0.25, -0.2) is 4.98 Å². The number of aromatic nitrogens is 1. The Hall–Kier alpha value is -2.93. The summed E-state index contributed by atoms with van der Waals surface area (Å²) in [7, 11) is 0. The zero-order valence-corrected chi connectivity index (χ0v) is 17.3. The van der Waals surface area contributed by atoms with Gasteiger partial charge in [-0.2, -0.15) is 0 Å². The maximum absolute atomic E-state index is 12.7. The van der Waals surface area contributed by atoms with Crippen LogP contribution in [0.25, 0.3) is 0 Å². The minimum atomic E-state index is -0.614. The summed E-state index contributed by atoms with van der Waals surface area (Å²) in [6.07, 6.45) is 3.24. The van der Waals surface area contributed by atoms with Gasteiger partial charge in [-0.3, -0.25) is 9.59 Å². The molecule has 7 heteroatoms. The molecule has 1 aliphatic heterocycles. The van der Waals surface area contributed by atoms with Gasteiger partial charge < -0.3 is 21.1 Å². The Kier molecular flexibility index (Phi) is 5.61. The van der Waals surface area contributed by atoms with E-state index in [2.05, 4.69) is 43.3 Å². The van der Waals surface area contributed by atoms with Crippen molar-refractivity contribution in [3.63, 3.8) is 0 Å². The lowest BCUT2D eigenvalue weighted by Gasteiger charge is -2.46. The molecule has 0 aliphatic carbocycles. The van der Waals surface area contributed by atoms with Crippen molar-refractivity contribution in [1.29, 1.82) is 0 Å². The number of nitrogens with zero attached hydrogens (tertiary/aromatic N) is 1. The van der Waals surface area contributed by atoms with Crippen LogP contribution in [0.1, 0.15) is 61.3 Å². The first-order valence-electron chi connectivity index (χ1n) is 9.68. The van der Waals surface area contributed by atoms with Gasteiger partial charge in [0, 0.05) is 28.9 Å². The Bertz CT molecular complexity index is 891. The molecule has 0 unspecified atom stereocenters. The summed E-state index contributed by atoms with van der Waals surface area (Å²) < 4.78 is 5.66. The molecule has 29 heavy (non-hydrogen) atoms. The number of carbonyl (C=O) groups excluding carboxylic acids is 2. The second kappa shape index (κ2) is 7.83. The number of amides is 2. The summed E-state index contributed by atoms with van der Waals surface area (Å²) in [6.45, 7) is 8.60. The number of hydrogen-bond donors (Lipinski definition) is 3. The van der Waals surface area contributed by atoms with Crippen LogP contribution in [-0.2, 0) is 0 Å². The Morgan fingerprint density at radius 3 is 2.31 bits per heavy atom. The number of ether oxygens (including phenoxy) is 1. The van der Waals surface area contributed by atoms with Crippen LogP contribution in [0.4, 0.5) is 0 Å². The molecule has 0 atom stereocenters. The topological polar surface area (TPSA) is 106 Å². The minimum Gasteiger partial charge on any atom is -0.438 e. The number of pyridine rings is 1. The van der Waals surface area contributed by atoms with Crippen molar-refractivity contribution in [2.75, 3.05) is 0 Å². The van der Waals surface area contributed by atoms with Crippen molar-refractivity contribution in [3.8, 4) is 11.6 Å². The summed E-state index contributed by atoms with van der Waals surface area (Å²) in [5.41, 5.74) is 6.00. The average molecular weight is 396 g/mol. The SMILES string of the molecule is CC1(C)CC(NC(=O)c2ccc(Oc3ncccc3C(N)=O)cc2)CC(C)(C)N1. The largest absolute Gasteiger partial charge is 0.438 e. The Morgan fingerprint density at radius 1 is 1.10 bits per heavy atom. The summed E-state index contributed by atoms with van der Waals surface area (Å²) in [6, 6.07) is 9.98. The zero-order valence-electron chi connectivity index (χ0n) is 17.3. The van der Waals surface area contributed by atoms with E-state index in [1.54, 1.807) is 36.4 Å². The average Bonchev–Trinajstić information content (AvgIpc) is 2.59. The first-order chi connectivity index (χ1) is 13.5. The molecule has 1 fully saturated rings. The first-order valence-corrected chi connectivity index (χ1v) is 9.68. The van der Waals surface area contributed by atoms with Crippen LogP contribution in [0.3, 0.4) is 0 Å². The van der Waals surface area contributed by atoms with Gasteiger partial charge in [0.25, 0.3) is 11.8 Å². The van der Waals surface area contributed by atoms with Crippen LogP contribution in [0.2, 0.25) is 0 Å². The highest BCUT2D eigenvalue weighted by molar-refractivity contribution is 5.95. The van der Waals surface area contributed by atoms with Crippen molar-refractivity contribution < 1.29 is 14.3 Å². The monoisotopic (exact) mass is 396 g/mol. The molecule has 2 heterocycles. The van der Waals surface area contributed by atoms with Gasteiger partial charge >= 0.3 is 0 Å². The minimum absolute atomic E-state index is 0.0434. The second-order valence-corrected chi connectivity index (χ2v) is 8.82. The van der Waals surface area contributed by atoms with E-state index in [-0.39, 0.29) is 34.5 Å². The van der Waals surface area contributed by atoms with Gasteiger partial charge in [0.2, 0.25) is 5.88 Å². The number of nitrogens with one attached hydrogen (secondary N) is 2. The van der Waals surface area contributed by atoms with E-state index in [1.807, 2.05) is 0 Å². The van der Waals surface area contributed by atoms with Crippen molar-refractivity contribution in [1.82, 2.24) is 15.6 Å². The number of carbonyl (C=O) groups is 2. The molecular formula is C22H28N4O3. The van der Waals surface area contributed by atoms with Crippen LogP contribution in [-0.4, -0.2) is 33.9 Å². The molecule has 4 N–H and O–H groups in total. The molecule has 1 aliphatic rings. The van der Waals surface area contributed by atoms with Gasteiger partial charge in [-0.15, -0.1) is 0 Å². The molecule has 0 radical (unpaired) electrons. The summed E-state index contributed by atoms with van der Waals surface area (Å²) >= 11 is 0. The van der Waals surface area contributed by atoms with E-state index in [0.29, 0.717) is 11.3 Å². The van der Waals surface area contributed by atoms with Gasteiger partial charge in [-0.1, -0.05) is 0 Å². The number of benzene rings is 1. The third-order valence-electron chi connectivity index (χ3n) is 4.89. The maximum atomic E-state index is 12.7.